The highest BCUT2D eigenvalue weighted by Gasteiger charge is 2.22. The number of para-hydroxylation sites is 1. The van der Waals surface area contributed by atoms with E-state index in [0.29, 0.717) is 6.54 Å². The van der Waals surface area contributed by atoms with E-state index >= 15 is 0 Å². The molecular formula is C22H23BrN4O. The molecule has 5 nitrogen and oxygen atoms in total. The summed E-state index contributed by atoms with van der Waals surface area (Å²) in [4.78, 5) is 13.0. The summed E-state index contributed by atoms with van der Waals surface area (Å²) in [5.74, 6) is 0. The molecule has 0 saturated heterocycles. The van der Waals surface area contributed by atoms with Crippen LogP contribution in [0.5, 0.6) is 0 Å². The first-order chi connectivity index (χ1) is 13.4. The molecule has 0 aliphatic rings. The van der Waals surface area contributed by atoms with E-state index in [2.05, 4.69) is 34.2 Å². The van der Waals surface area contributed by atoms with Crippen molar-refractivity contribution in [3.05, 3.63) is 68.5 Å². The third-order valence-corrected chi connectivity index (χ3v) is 5.90. The molecule has 28 heavy (non-hydrogen) atoms. The van der Waals surface area contributed by atoms with Gasteiger partial charge in [0.25, 0.3) is 5.56 Å². The lowest BCUT2D eigenvalue weighted by atomic mass is 10.0. The molecule has 0 spiro atoms. The van der Waals surface area contributed by atoms with Crippen molar-refractivity contribution in [3.8, 4) is 0 Å². The zero-order valence-electron chi connectivity index (χ0n) is 16.5. The molecule has 0 amide bonds. The van der Waals surface area contributed by atoms with Crippen molar-refractivity contribution < 1.29 is 0 Å². The number of nitrogens with zero attached hydrogens (tertiary/aromatic N) is 3. The van der Waals surface area contributed by atoms with E-state index in [-0.39, 0.29) is 11.6 Å². The Balaban J connectivity index is 2.00. The molecule has 0 radical (unpaired) electrons. The molecule has 1 atom stereocenters. The summed E-state index contributed by atoms with van der Waals surface area (Å²) in [6.45, 7) is 6.86. The van der Waals surface area contributed by atoms with Gasteiger partial charge in [0.2, 0.25) is 0 Å². The van der Waals surface area contributed by atoms with Gasteiger partial charge < -0.3 is 5.32 Å². The second-order valence-corrected chi connectivity index (χ2v) is 8.01. The molecule has 2 heterocycles. The molecule has 6 heteroatoms. The zero-order chi connectivity index (χ0) is 20.0. The Kier molecular flexibility index (Phi) is 4.75. The smallest absolute Gasteiger partial charge is 0.259 e. The standard InChI is InChI=1S/C22H23BrN4O/c1-5-27-21-19(15-11-10-13(2)12-16(15)22(28)26(21)4)20(25-27)14(3)24-18-9-7-6-8-17(18)23/h6-12,14,24H,5H2,1-4H3. The highest BCUT2D eigenvalue weighted by molar-refractivity contribution is 9.10. The van der Waals surface area contributed by atoms with Crippen LogP contribution in [0.4, 0.5) is 5.69 Å². The van der Waals surface area contributed by atoms with Gasteiger partial charge in [0.15, 0.2) is 0 Å². The van der Waals surface area contributed by atoms with Crippen molar-refractivity contribution >= 4 is 43.4 Å². The average molecular weight is 439 g/mol. The number of anilines is 1. The Hall–Kier alpha value is -2.60. The van der Waals surface area contributed by atoms with Gasteiger partial charge in [-0.05, 0) is 54.9 Å². The molecule has 0 fully saturated rings. The molecule has 0 saturated carbocycles. The molecule has 1 N–H and O–H groups in total. The molecule has 1 unspecified atom stereocenters. The van der Waals surface area contributed by atoms with Crippen LogP contribution in [0.2, 0.25) is 0 Å². The van der Waals surface area contributed by atoms with Crippen LogP contribution in [0.15, 0.2) is 51.7 Å². The van der Waals surface area contributed by atoms with Crippen LogP contribution >= 0.6 is 15.9 Å². The lowest BCUT2D eigenvalue weighted by Gasteiger charge is -2.15. The first-order valence-corrected chi connectivity index (χ1v) is 10.2. The number of nitrogens with one attached hydrogen (secondary N) is 1. The van der Waals surface area contributed by atoms with Crippen molar-refractivity contribution in [2.45, 2.75) is 33.4 Å². The van der Waals surface area contributed by atoms with Crippen molar-refractivity contribution in [1.29, 1.82) is 0 Å². The van der Waals surface area contributed by atoms with Crippen LogP contribution in [0.1, 0.15) is 31.1 Å². The van der Waals surface area contributed by atoms with Crippen molar-refractivity contribution in [3.63, 3.8) is 0 Å². The summed E-state index contributed by atoms with van der Waals surface area (Å²) in [5.41, 5.74) is 3.90. The van der Waals surface area contributed by atoms with Gasteiger partial charge in [-0.15, -0.1) is 0 Å². The molecule has 144 valence electrons. The Morgan fingerprint density at radius 3 is 2.64 bits per heavy atom. The minimum Gasteiger partial charge on any atom is -0.376 e. The van der Waals surface area contributed by atoms with Gasteiger partial charge in [0, 0.05) is 34.5 Å². The Labute approximate surface area is 172 Å². The number of aromatic nitrogens is 3. The number of halogens is 1. The minimum absolute atomic E-state index is 0.0127. The minimum atomic E-state index is -0.0315. The Morgan fingerprint density at radius 1 is 1.18 bits per heavy atom. The zero-order valence-corrected chi connectivity index (χ0v) is 18.0. The number of rotatable bonds is 4. The molecule has 4 rings (SSSR count). The first kappa shape index (κ1) is 18.7. The van der Waals surface area contributed by atoms with Crippen molar-refractivity contribution in [2.75, 3.05) is 5.32 Å². The normalized spacial score (nSPS) is 12.6. The predicted octanol–water partition coefficient (Wildman–Crippen LogP) is 5.15. The molecular weight excluding hydrogens is 416 g/mol. The summed E-state index contributed by atoms with van der Waals surface area (Å²) in [5, 5.41) is 11.2. The van der Waals surface area contributed by atoms with Crippen LogP contribution in [0.3, 0.4) is 0 Å². The highest BCUT2D eigenvalue weighted by atomic mass is 79.9. The largest absolute Gasteiger partial charge is 0.376 e. The third-order valence-electron chi connectivity index (χ3n) is 5.21. The number of hydrogen-bond donors (Lipinski definition) is 1. The summed E-state index contributed by atoms with van der Waals surface area (Å²) in [6, 6.07) is 14.1. The van der Waals surface area contributed by atoms with E-state index in [9.17, 15) is 4.79 Å². The average Bonchev–Trinajstić information content (AvgIpc) is 3.08. The maximum atomic E-state index is 13.0. The molecule has 2 aromatic carbocycles. The van der Waals surface area contributed by atoms with Crippen LogP contribution in [-0.2, 0) is 13.6 Å². The third kappa shape index (κ3) is 2.92. The summed E-state index contributed by atoms with van der Waals surface area (Å²) in [7, 11) is 1.83. The monoisotopic (exact) mass is 438 g/mol. The Bertz CT molecular complexity index is 1260. The fourth-order valence-corrected chi connectivity index (χ4v) is 4.20. The van der Waals surface area contributed by atoms with Crippen LogP contribution < -0.4 is 10.9 Å². The second kappa shape index (κ2) is 7.09. The number of aryl methyl sites for hydroxylation is 3. The number of benzene rings is 2. The van der Waals surface area contributed by atoms with Gasteiger partial charge in [-0.1, -0.05) is 29.8 Å². The second-order valence-electron chi connectivity index (χ2n) is 7.16. The maximum Gasteiger partial charge on any atom is 0.259 e. The lowest BCUT2D eigenvalue weighted by molar-refractivity contribution is 0.638. The van der Waals surface area contributed by atoms with Gasteiger partial charge in [-0.3, -0.25) is 9.36 Å². The van der Waals surface area contributed by atoms with Crippen molar-refractivity contribution in [2.24, 2.45) is 7.05 Å². The van der Waals surface area contributed by atoms with Gasteiger partial charge in [-0.25, -0.2) is 4.68 Å². The Morgan fingerprint density at radius 2 is 1.93 bits per heavy atom. The fourth-order valence-electron chi connectivity index (χ4n) is 3.80. The molecule has 4 aromatic rings. The number of hydrogen-bond acceptors (Lipinski definition) is 3. The molecule has 0 bridgehead atoms. The maximum absolute atomic E-state index is 13.0. The van der Waals surface area contributed by atoms with E-state index < -0.39 is 0 Å². The predicted molar refractivity (Wildman–Crippen MR) is 119 cm³/mol. The van der Waals surface area contributed by atoms with Gasteiger partial charge in [-0.2, -0.15) is 5.10 Å². The topological polar surface area (TPSA) is 51.9 Å². The number of pyridine rings is 1. The van der Waals surface area contributed by atoms with E-state index in [1.54, 1.807) is 4.57 Å². The fraction of sp³-hybridized carbons (Fsp3) is 0.273. The van der Waals surface area contributed by atoms with Crippen LogP contribution in [0, 0.1) is 6.92 Å². The van der Waals surface area contributed by atoms with Gasteiger partial charge in [0.05, 0.1) is 17.1 Å². The highest BCUT2D eigenvalue weighted by Crippen LogP contribution is 2.32. The molecule has 0 aliphatic heterocycles. The van der Waals surface area contributed by atoms with Crippen LogP contribution in [0.25, 0.3) is 21.8 Å². The van der Waals surface area contributed by atoms with Gasteiger partial charge >= 0.3 is 0 Å². The number of fused-ring (bicyclic) bond motifs is 3. The molecule has 0 aliphatic carbocycles. The van der Waals surface area contributed by atoms with Gasteiger partial charge in [0.1, 0.15) is 5.65 Å². The molecule has 2 aromatic heterocycles. The summed E-state index contributed by atoms with van der Waals surface area (Å²) >= 11 is 3.60. The van der Waals surface area contributed by atoms with E-state index in [0.717, 1.165) is 43.2 Å². The summed E-state index contributed by atoms with van der Waals surface area (Å²) in [6.07, 6.45) is 0. The van der Waals surface area contributed by atoms with Crippen LogP contribution in [-0.4, -0.2) is 14.3 Å². The lowest BCUT2D eigenvalue weighted by Crippen LogP contribution is -2.19. The summed E-state index contributed by atoms with van der Waals surface area (Å²) < 4.78 is 4.65. The first-order valence-electron chi connectivity index (χ1n) is 9.43. The SMILES string of the molecule is CCn1nc(C(C)Nc2ccccc2Br)c2c3ccc(C)cc3c(=O)n(C)c21. The van der Waals surface area contributed by atoms with E-state index in [1.807, 2.05) is 62.0 Å². The quantitative estimate of drug-likeness (QED) is 0.479. The van der Waals surface area contributed by atoms with E-state index in [4.69, 9.17) is 5.10 Å². The van der Waals surface area contributed by atoms with Crippen molar-refractivity contribution in [1.82, 2.24) is 14.3 Å². The van der Waals surface area contributed by atoms with E-state index in [1.165, 1.54) is 0 Å².